The summed E-state index contributed by atoms with van der Waals surface area (Å²) in [5, 5.41) is 8.26. The molecule has 0 saturated carbocycles. The normalized spacial score (nSPS) is 10.2. The van der Waals surface area contributed by atoms with Crippen molar-refractivity contribution in [2.24, 2.45) is 5.92 Å². The molecule has 0 aromatic rings. The Hall–Kier alpha value is -1.41. The van der Waals surface area contributed by atoms with E-state index in [1.165, 1.54) is 0 Å². The number of terminal acetylenes is 1. The van der Waals surface area contributed by atoms with Gasteiger partial charge in [0.25, 0.3) is 0 Å². The van der Waals surface area contributed by atoms with Crippen LogP contribution in [0, 0.1) is 30.1 Å². The highest BCUT2D eigenvalue weighted by Crippen LogP contribution is 1.89. The average Bonchev–Trinajstić information content (AvgIpc) is 1.82. The van der Waals surface area contributed by atoms with Gasteiger partial charge in [0, 0.05) is 0 Å². The largest absolute Gasteiger partial charge is 0.480 e. The third-order valence-electron chi connectivity index (χ3n) is 0.702. The van der Waals surface area contributed by atoms with Gasteiger partial charge in [-0.15, -0.1) is 12.3 Å². The molecule has 0 aromatic carbocycles. The fourth-order valence-corrected chi connectivity index (χ4v) is 0.319. The smallest absolute Gasteiger partial charge is 0.331 e. The highest BCUT2D eigenvalue weighted by molar-refractivity contribution is 5.77. The maximum Gasteiger partial charge on any atom is 0.331 e. The van der Waals surface area contributed by atoms with Crippen molar-refractivity contribution in [3.05, 3.63) is 0 Å². The van der Waals surface area contributed by atoms with Gasteiger partial charge in [-0.25, -0.2) is 4.79 Å². The Bertz CT molecular complexity index is 199. The van der Waals surface area contributed by atoms with Crippen LogP contribution in [0.1, 0.15) is 6.92 Å². The number of carboxylic acids is 1. The molecule has 0 spiro atoms. The van der Waals surface area contributed by atoms with Gasteiger partial charge in [-0.2, -0.15) is 0 Å². The Labute approximate surface area is 53.9 Å². The highest BCUT2D eigenvalue weighted by Gasteiger charge is 2.08. The molecule has 0 radical (unpaired) electrons. The van der Waals surface area contributed by atoms with Crippen molar-refractivity contribution < 1.29 is 9.90 Å². The third-order valence-corrected chi connectivity index (χ3v) is 0.702. The summed E-state index contributed by atoms with van der Waals surface area (Å²) in [6, 6.07) is 0. The van der Waals surface area contributed by atoms with Crippen molar-refractivity contribution in [1.29, 1.82) is 0 Å². The van der Waals surface area contributed by atoms with Gasteiger partial charge in [0.05, 0.1) is 0 Å². The number of carbonyl (C=O) groups is 1. The zero-order valence-electron chi connectivity index (χ0n) is 5.01. The zero-order chi connectivity index (χ0) is 7.28. The van der Waals surface area contributed by atoms with Crippen LogP contribution in [0.4, 0.5) is 0 Å². The summed E-state index contributed by atoms with van der Waals surface area (Å²) in [6.45, 7) is 1.55. The Balaban J connectivity index is 4.16. The lowest BCUT2D eigenvalue weighted by molar-refractivity contribution is -0.138. The summed E-state index contributed by atoms with van der Waals surface area (Å²) in [5.74, 6) is 4.79. The second-order valence-electron chi connectivity index (χ2n) is 1.33. The predicted octanol–water partition coefficient (Wildman–Crippen LogP) is 0.344. The average molecular weight is 122 g/mol. The quantitative estimate of drug-likeness (QED) is 0.509. The van der Waals surface area contributed by atoms with E-state index in [-0.39, 0.29) is 0 Å². The summed E-state index contributed by atoms with van der Waals surface area (Å²) in [5.41, 5.74) is 0. The molecule has 1 N–H and O–H groups in total. The second-order valence-corrected chi connectivity index (χ2v) is 1.33. The lowest BCUT2D eigenvalue weighted by atomic mass is 10.2. The van der Waals surface area contributed by atoms with Crippen LogP contribution in [-0.4, -0.2) is 11.1 Å². The van der Waals surface area contributed by atoms with Crippen LogP contribution < -0.4 is 0 Å². The van der Waals surface area contributed by atoms with Crippen molar-refractivity contribution in [2.75, 3.05) is 0 Å². The van der Waals surface area contributed by atoms with Crippen molar-refractivity contribution in [1.82, 2.24) is 0 Å². The predicted molar refractivity (Wildman–Crippen MR) is 33.4 cm³/mol. The number of hydrogen-bond donors (Lipinski definition) is 1. The monoisotopic (exact) mass is 122 g/mol. The summed E-state index contributed by atoms with van der Waals surface area (Å²) < 4.78 is 0. The standard InChI is InChI=1S/C7H6O2/c1-3-5-6(4-2)7(8)9/h2,6H,1H3,(H,8,9). The Morgan fingerprint density at radius 1 is 1.78 bits per heavy atom. The number of hydrogen-bond acceptors (Lipinski definition) is 1. The molecule has 0 saturated heterocycles. The third kappa shape index (κ3) is 2.41. The number of rotatable bonds is 1. The summed E-state index contributed by atoms with van der Waals surface area (Å²) in [4.78, 5) is 10.1. The van der Waals surface area contributed by atoms with E-state index >= 15 is 0 Å². The molecule has 0 heterocycles. The molecular weight excluding hydrogens is 116 g/mol. The van der Waals surface area contributed by atoms with E-state index in [9.17, 15) is 4.79 Å². The lowest BCUT2D eigenvalue weighted by Gasteiger charge is -1.90. The van der Waals surface area contributed by atoms with Crippen LogP contribution in [-0.2, 0) is 4.79 Å². The molecule has 0 bridgehead atoms. The van der Waals surface area contributed by atoms with Crippen LogP contribution in [0.15, 0.2) is 0 Å². The lowest BCUT2D eigenvalue weighted by Crippen LogP contribution is -2.08. The molecule has 0 aromatic heterocycles. The van der Waals surface area contributed by atoms with Gasteiger partial charge in [-0.1, -0.05) is 11.8 Å². The zero-order valence-corrected chi connectivity index (χ0v) is 5.01. The van der Waals surface area contributed by atoms with Gasteiger partial charge < -0.3 is 5.11 Å². The van der Waals surface area contributed by atoms with Crippen LogP contribution in [0.3, 0.4) is 0 Å². The van der Waals surface area contributed by atoms with Gasteiger partial charge in [0.1, 0.15) is 0 Å². The summed E-state index contributed by atoms with van der Waals surface area (Å²) >= 11 is 0. The van der Waals surface area contributed by atoms with Gasteiger partial charge in [-0.3, -0.25) is 0 Å². The van der Waals surface area contributed by atoms with E-state index in [2.05, 4.69) is 11.8 Å². The molecule has 2 nitrogen and oxygen atoms in total. The minimum Gasteiger partial charge on any atom is -0.480 e. The molecule has 0 aliphatic heterocycles. The van der Waals surface area contributed by atoms with E-state index < -0.39 is 11.9 Å². The first-order valence-corrected chi connectivity index (χ1v) is 2.33. The van der Waals surface area contributed by atoms with E-state index in [4.69, 9.17) is 11.5 Å². The van der Waals surface area contributed by atoms with Crippen LogP contribution in [0.2, 0.25) is 0 Å². The van der Waals surface area contributed by atoms with Crippen LogP contribution >= 0.6 is 0 Å². The van der Waals surface area contributed by atoms with Gasteiger partial charge in [-0.05, 0) is 6.92 Å². The molecule has 1 unspecified atom stereocenters. The van der Waals surface area contributed by atoms with E-state index in [1.54, 1.807) is 6.92 Å². The van der Waals surface area contributed by atoms with Crippen molar-refractivity contribution >= 4 is 5.97 Å². The highest BCUT2D eigenvalue weighted by atomic mass is 16.4. The Morgan fingerprint density at radius 2 is 2.33 bits per heavy atom. The minimum atomic E-state index is -1.06. The molecule has 0 aliphatic rings. The topological polar surface area (TPSA) is 37.3 Å². The van der Waals surface area contributed by atoms with Crippen molar-refractivity contribution in [2.45, 2.75) is 6.92 Å². The number of aliphatic carboxylic acids is 1. The first kappa shape index (κ1) is 7.59. The first-order chi connectivity index (χ1) is 4.22. The van der Waals surface area contributed by atoms with Crippen molar-refractivity contribution in [3.63, 3.8) is 0 Å². The molecular formula is C7H6O2. The van der Waals surface area contributed by atoms with E-state index in [0.717, 1.165) is 0 Å². The maximum absolute atomic E-state index is 10.1. The van der Waals surface area contributed by atoms with Gasteiger partial charge >= 0.3 is 5.97 Å². The maximum atomic E-state index is 10.1. The van der Waals surface area contributed by atoms with E-state index in [0.29, 0.717) is 0 Å². The van der Waals surface area contributed by atoms with E-state index in [1.807, 2.05) is 5.92 Å². The fraction of sp³-hybridized carbons (Fsp3) is 0.286. The second kappa shape index (κ2) is 3.57. The molecule has 0 aliphatic carbocycles. The van der Waals surface area contributed by atoms with Crippen molar-refractivity contribution in [3.8, 4) is 24.2 Å². The van der Waals surface area contributed by atoms with Gasteiger partial charge in [0.2, 0.25) is 0 Å². The fourth-order valence-electron chi connectivity index (χ4n) is 0.319. The van der Waals surface area contributed by atoms with Crippen LogP contribution in [0.5, 0.6) is 0 Å². The molecule has 0 amide bonds. The molecule has 2 heteroatoms. The Kier molecular flexibility index (Phi) is 3.01. The summed E-state index contributed by atoms with van der Waals surface area (Å²) in [7, 11) is 0. The SMILES string of the molecule is C#CC(C#CC)C(=O)O. The van der Waals surface area contributed by atoms with Gasteiger partial charge in [0.15, 0.2) is 5.92 Å². The molecule has 1 atom stereocenters. The minimum absolute atomic E-state index is 0.949. The van der Waals surface area contributed by atoms with Crippen LogP contribution in [0.25, 0.3) is 0 Å². The molecule has 0 rings (SSSR count). The first-order valence-electron chi connectivity index (χ1n) is 2.33. The number of carboxylic acid groups (broad SMARTS) is 1. The molecule has 0 fully saturated rings. The molecule has 9 heavy (non-hydrogen) atoms. The molecule has 46 valence electrons. The summed E-state index contributed by atoms with van der Waals surface area (Å²) in [6.07, 6.45) is 4.83. The Morgan fingerprint density at radius 3 is 2.44 bits per heavy atom.